The molecule has 1 amide bonds. The Morgan fingerprint density at radius 1 is 1.25 bits per heavy atom. The fourth-order valence-electron chi connectivity index (χ4n) is 1.28. The van der Waals surface area contributed by atoms with Crippen LogP contribution < -0.4 is 0 Å². The van der Waals surface area contributed by atoms with Crippen molar-refractivity contribution >= 4 is 18.7 Å². The van der Waals surface area contributed by atoms with Gasteiger partial charge in [-0.2, -0.15) is 12.6 Å². The molecule has 3 nitrogen and oxygen atoms in total. The lowest BCUT2D eigenvalue weighted by Gasteiger charge is -2.22. The summed E-state index contributed by atoms with van der Waals surface area (Å²) < 4.78 is 5.17. The van der Waals surface area contributed by atoms with Crippen LogP contribution >= 0.6 is 12.6 Å². The molecule has 0 aliphatic carbocycles. The Kier molecular flexibility index (Phi) is 9.59. The van der Waals surface area contributed by atoms with E-state index in [2.05, 4.69) is 26.5 Å². The fraction of sp³-hybridized carbons (Fsp3) is 0.917. The largest absolute Gasteiger partial charge is 0.448 e. The Labute approximate surface area is 105 Å². The van der Waals surface area contributed by atoms with Crippen molar-refractivity contribution in [3.63, 3.8) is 0 Å². The third-order valence-electron chi connectivity index (χ3n) is 2.27. The summed E-state index contributed by atoms with van der Waals surface area (Å²) in [5.74, 6) is 0. The molecule has 0 bridgehead atoms. The molecule has 0 aliphatic rings. The van der Waals surface area contributed by atoms with Crippen molar-refractivity contribution < 1.29 is 9.53 Å². The molecule has 4 heteroatoms. The Hall–Kier alpha value is -0.380. The van der Waals surface area contributed by atoms with Gasteiger partial charge < -0.3 is 9.64 Å². The first-order chi connectivity index (χ1) is 7.61. The van der Waals surface area contributed by atoms with Crippen LogP contribution in [-0.2, 0) is 4.74 Å². The van der Waals surface area contributed by atoms with Gasteiger partial charge in [0.15, 0.2) is 0 Å². The molecule has 1 unspecified atom stereocenters. The highest BCUT2D eigenvalue weighted by molar-refractivity contribution is 7.80. The van der Waals surface area contributed by atoms with Crippen LogP contribution in [0.4, 0.5) is 4.79 Å². The quantitative estimate of drug-likeness (QED) is 0.667. The number of carbonyl (C=O) groups is 1. The molecule has 0 heterocycles. The molecule has 96 valence electrons. The van der Waals surface area contributed by atoms with Gasteiger partial charge in [0.05, 0.1) is 0 Å². The zero-order chi connectivity index (χ0) is 12.4. The third-order valence-corrected chi connectivity index (χ3v) is 2.42. The van der Waals surface area contributed by atoms with Crippen LogP contribution in [0.3, 0.4) is 0 Å². The number of ether oxygens (including phenoxy) is 1. The lowest BCUT2D eigenvalue weighted by molar-refractivity contribution is 0.102. The van der Waals surface area contributed by atoms with E-state index in [4.69, 9.17) is 4.74 Å². The van der Waals surface area contributed by atoms with Gasteiger partial charge in [-0.05, 0) is 12.8 Å². The molecule has 0 aromatic carbocycles. The summed E-state index contributed by atoms with van der Waals surface area (Å²) in [5, 5.41) is 0.100. The third kappa shape index (κ3) is 7.85. The van der Waals surface area contributed by atoms with Gasteiger partial charge in [0.25, 0.3) is 0 Å². The maximum atomic E-state index is 11.7. The molecule has 0 fully saturated rings. The summed E-state index contributed by atoms with van der Waals surface area (Å²) in [4.78, 5) is 13.5. The predicted molar refractivity (Wildman–Crippen MR) is 71.2 cm³/mol. The van der Waals surface area contributed by atoms with Crippen LogP contribution in [0.5, 0.6) is 0 Å². The first-order valence-electron chi connectivity index (χ1n) is 6.21. The van der Waals surface area contributed by atoms with E-state index >= 15 is 0 Å². The summed E-state index contributed by atoms with van der Waals surface area (Å²) in [7, 11) is 0. The number of amides is 1. The van der Waals surface area contributed by atoms with Crippen LogP contribution in [0, 0.1) is 0 Å². The number of nitrogens with zero attached hydrogens (tertiary/aromatic N) is 1. The first-order valence-corrected chi connectivity index (χ1v) is 6.73. The van der Waals surface area contributed by atoms with Crippen molar-refractivity contribution in [3.8, 4) is 0 Å². The van der Waals surface area contributed by atoms with Crippen molar-refractivity contribution in [3.05, 3.63) is 0 Å². The van der Waals surface area contributed by atoms with E-state index in [-0.39, 0.29) is 11.3 Å². The summed E-state index contributed by atoms with van der Waals surface area (Å²) in [5.41, 5.74) is 0. The Morgan fingerprint density at radius 2 is 1.75 bits per heavy atom. The van der Waals surface area contributed by atoms with Crippen LogP contribution in [-0.4, -0.2) is 35.9 Å². The number of rotatable bonds is 8. The van der Waals surface area contributed by atoms with E-state index in [0.29, 0.717) is 6.61 Å². The molecule has 0 radical (unpaired) electrons. The average molecular weight is 247 g/mol. The minimum Gasteiger partial charge on any atom is -0.448 e. The van der Waals surface area contributed by atoms with Gasteiger partial charge in [-0.3, -0.25) is 0 Å². The van der Waals surface area contributed by atoms with E-state index in [1.54, 1.807) is 0 Å². The minimum atomic E-state index is -0.192. The van der Waals surface area contributed by atoms with Gasteiger partial charge in [-0.1, -0.05) is 33.6 Å². The smallest absolute Gasteiger partial charge is 0.409 e. The van der Waals surface area contributed by atoms with Gasteiger partial charge in [-0.15, -0.1) is 0 Å². The van der Waals surface area contributed by atoms with E-state index in [1.807, 2.05) is 11.8 Å². The number of thiol groups is 1. The van der Waals surface area contributed by atoms with Crippen LogP contribution in [0.2, 0.25) is 0 Å². The molecule has 16 heavy (non-hydrogen) atoms. The topological polar surface area (TPSA) is 29.5 Å². The normalized spacial score (nSPS) is 12.2. The second-order valence-corrected chi connectivity index (χ2v) is 5.00. The summed E-state index contributed by atoms with van der Waals surface area (Å²) in [6.45, 7) is 8.15. The van der Waals surface area contributed by atoms with Gasteiger partial charge in [0.2, 0.25) is 0 Å². The number of hydrogen-bond acceptors (Lipinski definition) is 3. The van der Waals surface area contributed by atoms with Gasteiger partial charge >= 0.3 is 6.09 Å². The molecule has 0 saturated heterocycles. The van der Waals surface area contributed by atoms with Crippen molar-refractivity contribution in [2.75, 3.05) is 19.7 Å². The second-order valence-electron chi connectivity index (χ2n) is 4.12. The monoisotopic (exact) mass is 247 g/mol. The Balaban J connectivity index is 3.98. The van der Waals surface area contributed by atoms with E-state index in [1.165, 1.54) is 0 Å². The van der Waals surface area contributed by atoms with Crippen molar-refractivity contribution in [1.29, 1.82) is 0 Å². The molecular weight excluding hydrogens is 222 g/mol. The molecule has 0 aromatic heterocycles. The molecule has 0 aromatic rings. The van der Waals surface area contributed by atoms with Crippen molar-refractivity contribution in [1.82, 2.24) is 4.90 Å². The molecule has 0 spiro atoms. The van der Waals surface area contributed by atoms with E-state index in [9.17, 15) is 4.79 Å². The average Bonchev–Trinajstić information content (AvgIpc) is 2.26. The minimum absolute atomic E-state index is 0.100. The molecular formula is C12H25NO2S. The van der Waals surface area contributed by atoms with Crippen molar-refractivity contribution in [2.24, 2.45) is 0 Å². The highest BCUT2D eigenvalue weighted by Gasteiger charge is 2.14. The molecule has 0 rings (SSSR count). The Bertz CT molecular complexity index is 178. The SMILES string of the molecule is CCCCN(CCCC)C(=O)OCC(C)S. The lowest BCUT2D eigenvalue weighted by Crippen LogP contribution is -2.34. The number of carbonyl (C=O) groups excluding carboxylic acids is 1. The van der Waals surface area contributed by atoms with E-state index < -0.39 is 0 Å². The molecule has 1 atom stereocenters. The van der Waals surface area contributed by atoms with Crippen LogP contribution in [0.25, 0.3) is 0 Å². The number of unbranched alkanes of at least 4 members (excludes halogenated alkanes) is 2. The molecule has 0 N–H and O–H groups in total. The summed E-state index contributed by atoms with van der Waals surface area (Å²) >= 11 is 4.19. The molecule has 0 saturated carbocycles. The van der Waals surface area contributed by atoms with Gasteiger partial charge in [-0.25, -0.2) is 4.79 Å². The zero-order valence-corrected chi connectivity index (χ0v) is 11.6. The maximum absolute atomic E-state index is 11.7. The first kappa shape index (κ1) is 15.6. The van der Waals surface area contributed by atoms with Crippen LogP contribution in [0.1, 0.15) is 46.5 Å². The molecule has 0 aliphatic heterocycles. The lowest BCUT2D eigenvalue weighted by atomic mass is 10.3. The van der Waals surface area contributed by atoms with Crippen LogP contribution in [0.15, 0.2) is 0 Å². The maximum Gasteiger partial charge on any atom is 0.409 e. The highest BCUT2D eigenvalue weighted by atomic mass is 32.1. The zero-order valence-electron chi connectivity index (χ0n) is 10.7. The van der Waals surface area contributed by atoms with Gasteiger partial charge in [0.1, 0.15) is 6.61 Å². The predicted octanol–water partition coefficient (Wildman–Crippen LogP) is 3.34. The second kappa shape index (κ2) is 9.82. The Morgan fingerprint density at radius 3 is 2.12 bits per heavy atom. The summed E-state index contributed by atoms with van der Waals surface area (Å²) in [6.07, 6.45) is 4.07. The standard InChI is InChI=1S/C12H25NO2S/c1-4-6-8-13(9-7-5-2)12(14)15-10-11(3)16/h11,16H,4-10H2,1-3H3. The summed E-state index contributed by atoms with van der Waals surface area (Å²) in [6, 6.07) is 0. The number of hydrogen-bond donors (Lipinski definition) is 1. The van der Waals surface area contributed by atoms with E-state index in [0.717, 1.165) is 38.8 Å². The fourth-order valence-corrected chi connectivity index (χ4v) is 1.35. The highest BCUT2D eigenvalue weighted by Crippen LogP contribution is 2.03. The van der Waals surface area contributed by atoms with Gasteiger partial charge in [0, 0.05) is 18.3 Å². The van der Waals surface area contributed by atoms with Crippen molar-refractivity contribution in [2.45, 2.75) is 51.7 Å².